The molecule has 0 radical (unpaired) electrons. The van der Waals surface area contributed by atoms with Gasteiger partial charge in [0.2, 0.25) is 12.6 Å². The van der Waals surface area contributed by atoms with E-state index in [1.165, 1.54) is 31.2 Å². The molecule has 6 N–H and O–H groups in total. The average Bonchev–Trinajstić information content (AvgIpc) is 1.18. The minimum absolute atomic E-state index is 0. The Morgan fingerprint density at radius 1 is 0.522 bits per heavy atom. The van der Waals surface area contributed by atoms with Crippen molar-refractivity contribution in [1.82, 2.24) is 9.97 Å². The molecule has 10 atom stereocenters. The first-order chi connectivity index (χ1) is 43.8. The lowest BCUT2D eigenvalue weighted by molar-refractivity contribution is -0.261. The molecule has 2 saturated heterocycles. The predicted molar refractivity (Wildman–Crippen MR) is 336 cm³/mol. The van der Waals surface area contributed by atoms with Crippen molar-refractivity contribution in [3.8, 4) is 68.9 Å². The molecule has 14 rings (SSSR count). The highest BCUT2D eigenvalue weighted by atomic mass is 16.7. The van der Waals surface area contributed by atoms with Crippen molar-refractivity contribution < 1.29 is 82.2 Å². The average molecular weight is 1260 g/mol. The number of esters is 1. The van der Waals surface area contributed by atoms with Gasteiger partial charge in [-0.1, -0.05) is 46.6 Å². The summed E-state index contributed by atoms with van der Waals surface area (Å²) in [5, 5.41) is 62.8. The molecule has 23 heteroatoms. The highest BCUT2D eigenvalue weighted by Crippen LogP contribution is 2.39. The molecular formula is C69H66N4O19. The van der Waals surface area contributed by atoms with Gasteiger partial charge in [-0.3, -0.25) is 14.4 Å². The first kappa shape index (κ1) is 65.0. The molecule has 92 heavy (non-hydrogen) atoms. The lowest BCUT2D eigenvalue weighted by Gasteiger charge is -2.40. The van der Waals surface area contributed by atoms with E-state index >= 15 is 0 Å². The maximum absolute atomic E-state index is 11.5. The first-order valence-electron chi connectivity index (χ1n) is 28.9. The molecule has 0 spiro atoms. The van der Waals surface area contributed by atoms with Crippen LogP contribution in [0.5, 0.6) is 46.0 Å². The van der Waals surface area contributed by atoms with E-state index in [1.807, 2.05) is 61.5 Å². The van der Waals surface area contributed by atoms with Gasteiger partial charge in [0, 0.05) is 55.2 Å². The molecule has 6 aromatic carbocycles. The summed E-state index contributed by atoms with van der Waals surface area (Å²) in [6, 6.07) is 40.5. The number of hydrogen-bond acceptors (Lipinski definition) is 23. The molecule has 23 nitrogen and oxygen atoms in total. The fourth-order valence-corrected chi connectivity index (χ4v) is 10.1. The van der Waals surface area contributed by atoms with Crippen LogP contribution in [-0.2, 0) is 14.3 Å². The molecule has 0 unspecified atom stereocenters. The zero-order valence-electron chi connectivity index (χ0n) is 49.4. The summed E-state index contributed by atoms with van der Waals surface area (Å²) in [6.45, 7) is 14.4. The van der Waals surface area contributed by atoms with Crippen LogP contribution in [0.1, 0.15) is 35.1 Å². The van der Waals surface area contributed by atoms with E-state index < -0.39 is 61.0 Å². The number of ether oxygens (including phenoxy) is 8. The van der Waals surface area contributed by atoms with Gasteiger partial charge >= 0.3 is 5.97 Å². The smallest absolute Gasteiger partial charge is 0.308 e. The monoisotopic (exact) mass is 1250 g/mol. The number of aromatic nitrogens is 2. The molecule has 0 bridgehead atoms. The maximum atomic E-state index is 11.5. The molecule has 6 heterocycles. The van der Waals surface area contributed by atoms with E-state index in [-0.39, 0.29) is 37.5 Å². The second-order valence-electron chi connectivity index (χ2n) is 21.6. The Morgan fingerprint density at radius 3 is 1.39 bits per heavy atom. The second kappa shape index (κ2) is 28.1. The summed E-state index contributed by atoms with van der Waals surface area (Å²) < 4.78 is 56.0. The number of fused-ring (bicyclic) bond motifs is 8. The number of aliphatic hydroxyl groups is 6. The Hall–Kier alpha value is -9.95. The minimum atomic E-state index is -1.27. The standard InChI is InChI=1S/2C19H19NO7.C15H11NO3.C15H13NO2.CH4/c2*1-9-16(8-21)27-19(18(24)17(9)23)25-11-3-5-13-15(7-11)26-14-6-10(22)2-4-12(14)20-13;1-9-3-5-12-14(7-9)19-15-8-11(18-10(2)17)4-6-13(15)16-12;1-3-17-11-5-7-13-15(9-11)18-14-8-10(2)4-6-12(14)16-13;/h2*2-7,9,16-19,21,23-24H,8H2,1H3;3-8H,1H2,2H3;4-9H,2-3H2,1H3;1H4/t9-,16+,17-,18+,19+;9-,16-,17+,18-,19-;;;/m01.../s1. The number of benzene rings is 8. The third-order valence-electron chi connectivity index (χ3n) is 15.0. The predicted octanol–water partition coefficient (Wildman–Crippen LogP) is 6.76. The van der Waals surface area contributed by atoms with Gasteiger partial charge in [-0.15, -0.1) is 0 Å². The fraction of sp³-hybridized carbons (Fsp3) is 0.261. The zero-order chi connectivity index (χ0) is 64.2. The van der Waals surface area contributed by atoms with E-state index in [0.29, 0.717) is 86.1 Å². The quantitative estimate of drug-likeness (QED) is 0.0494. The number of carbonyl (C=O) groups excluding carboxylic acids is 1. The SMILES string of the molecule is C.C=c1ccc2c(c1)Oc1cc(OC(C)=O)ccc1N=2.C=c1ccc2c(c1)Oc1cc(OCC)ccc1N=2.C[C@@H]1[C@H](O)[C@@H](O)[C@H](Oc2ccc3nc4ccc(=O)cc-4oc3c2)O[C@@H]1CO.C[C@H]1[C@H](O)[C@@H](O)[C@H](Oc2ccc3nc4ccc(=O)cc-4oc3c2)O[C@@H]1CO. The Kier molecular flexibility index (Phi) is 19.8. The zero-order valence-corrected chi connectivity index (χ0v) is 49.4. The van der Waals surface area contributed by atoms with Crippen molar-refractivity contribution in [3.05, 3.63) is 187 Å². The van der Waals surface area contributed by atoms with E-state index in [9.17, 15) is 45.0 Å². The molecule has 0 saturated carbocycles. The summed E-state index contributed by atoms with van der Waals surface area (Å²) in [4.78, 5) is 51.8. The number of carbonyl (C=O) groups is 1. The van der Waals surface area contributed by atoms with Gasteiger partial charge in [0.05, 0.1) is 44.2 Å². The van der Waals surface area contributed by atoms with Crippen LogP contribution in [0.15, 0.2) is 174 Å². The minimum Gasteiger partial charge on any atom is -0.494 e. The molecule has 6 aromatic rings. The second-order valence-corrected chi connectivity index (χ2v) is 21.6. The first-order valence-corrected chi connectivity index (χ1v) is 28.9. The fourth-order valence-electron chi connectivity index (χ4n) is 10.1. The molecule has 476 valence electrons. The third kappa shape index (κ3) is 14.6. The van der Waals surface area contributed by atoms with E-state index in [1.54, 1.807) is 80.6 Å². The molecule has 2 fully saturated rings. The van der Waals surface area contributed by atoms with E-state index in [0.717, 1.165) is 44.1 Å². The van der Waals surface area contributed by atoms with Crippen molar-refractivity contribution in [2.75, 3.05) is 19.8 Å². The summed E-state index contributed by atoms with van der Waals surface area (Å²) in [5.74, 6) is 4.03. The third-order valence-corrected chi connectivity index (χ3v) is 15.0. The lowest BCUT2D eigenvalue weighted by Crippen LogP contribution is -2.56. The summed E-state index contributed by atoms with van der Waals surface area (Å²) in [7, 11) is 0. The molecular weight excluding hydrogens is 1190 g/mol. The van der Waals surface area contributed by atoms with Gasteiger partial charge in [-0.2, -0.15) is 0 Å². The molecule has 6 aliphatic heterocycles. The number of rotatable bonds is 9. The van der Waals surface area contributed by atoms with Gasteiger partial charge in [0.1, 0.15) is 79.7 Å². The van der Waals surface area contributed by atoms with Crippen molar-refractivity contribution in [1.29, 1.82) is 0 Å². The molecule has 8 aliphatic rings. The normalized spacial score (nSPS) is 21.5. The number of aliphatic hydroxyl groups excluding tert-OH is 6. The Balaban J connectivity index is 0.000000136. The van der Waals surface area contributed by atoms with Gasteiger partial charge in [-0.25, -0.2) is 20.0 Å². The van der Waals surface area contributed by atoms with Crippen LogP contribution in [0.4, 0.5) is 11.4 Å². The van der Waals surface area contributed by atoms with Gasteiger partial charge in [0.25, 0.3) is 0 Å². The van der Waals surface area contributed by atoms with Gasteiger partial charge < -0.3 is 77.4 Å². The largest absolute Gasteiger partial charge is 0.494 e. The highest BCUT2D eigenvalue weighted by Gasteiger charge is 2.44. The highest BCUT2D eigenvalue weighted by molar-refractivity contribution is 5.79. The van der Waals surface area contributed by atoms with E-state index in [4.69, 9.17) is 46.7 Å². The summed E-state index contributed by atoms with van der Waals surface area (Å²) in [5.41, 5.74) is 4.21. The van der Waals surface area contributed by atoms with Crippen LogP contribution in [-0.4, -0.2) is 116 Å². The van der Waals surface area contributed by atoms with Gasteiger partial charge in [0.15, 0.2) is 56.5 Å². The van der Waals surface area contributed by atoms with Crippen LogP contribution in [0.2, 0.25) is 0 Å². The summed E-state index contributed by atoms with van der Waals surface area (Å²) in [6.07, 6.45) is -8.32. The van der Waals surface area contributed by atoms with Crippen LogP contribution in [0.25, 0.3) is 58.3 Å². The summed E-state index contributed by atoms with van der Waals surface area (Å²) >= 11 is 0. The maximum Gasteiger partial charge on any atom is 0.308 e. The van der Waals surface area contributed by atoms with Crippen LogP contribution in [0.3, 0.4) is 0 Å². The van der Waals surface area contributed by atoms with Crippen LogP contribution >= 0.6 is 0 Å². The van der Waals surface area contributed by atoms with Crippen LogP contribution < -0.4 is 60.4 Å². The Bertz CT molecular complexity index is 4460. The Labute approximate surface area is 524 Å². The topological polar surface area (TPSA) is 323 Å². The molecule has 0 amide bonds. The van der Waals surface area contributed by atoms with Crippen molar-refractivity contribution in [3.63, 3.8) is 0 Å². The molecule has 2 aliphatic carbocycles. The van der Waals surface area contributed by atoms with E-state index in [2.05, 4.69) is 33.1 Å². The van der Waals surface area contributed by atoms with Crippen molar-refractivity contribution in [2.24, 2.45) is 21.8 Å². The number of hydrogen-bond donors (Lipinski definition) is 6. The Morgan fingerprint density at radius 2 is 0.957 bits per heavy atom. The van der Waals surface area contributed by atoms with Crippen molar-refractivity contribution >= 4 is 52.7 Å². The van der Waals surface area contributed by atoms with Crippen LogP contribution in [0, 0.1) is 11.8 Å². The van der Waals surface area contributed by atoms with Gasteiger partial charge in [-0.05, 0) is 114 Å². The van der Waals surface area contributed by atoms with Crippen molar-refractivity contribution in [2.45, 2.75) is 84.3 Å². The molecule has 0 aromatic heterocycles. The lowest BCUT2D eigenvalue weighted by atomic mass is 9.91. The number of nitrogens with zero attached hydrogens (tertiary/aromatic N) is 4.